The summed E-state index contributed by atoms with van der Waals surface area (Å²) < 4.78 is 0.837. The Hall–Kier alpha value is -0.720. The van der Waals surface area contributed by atoms with Crippen LogP contribution in [0.5, 0.6) is 0 Å². The van der Waals surface area contributed by atoms with E-state index < -0.39 is 5.54 Å². The van der Waals surface area contributed by atoms with Crippen molar-refractivity contribution < 1.29 is 0 Å². The molecule has 0 heterocycles. The SMILES string of the molecule is CCCC(C#N)(CC)Nc1ccc(Cl)c(Br)c1. The summed E-state index contributed by atoms with van der Waals surface area (Å²) in [5, 5.41) is 13.3. The first-order valence-electron chi connectivity index (χ1n) is 5.71. The molecule has 0 aliphatic carbocycles. The fraction of sp³-hybridized carbons (Fsp3) is 0.462. The summed E-state index contributed by atoms with van der Waals surface area (Å²) in [4.78, 5) is 0. The third-order valence-electron chi connectivity index (χ3n) is 2.80. The molecule has 0 amide bonds. The van der Waals surface area contributed by atoms with E-state index >= 15 is 0 Å². The predicted octanol–water partition coefficient (Wildman–Crippen LogP) is 4.99. The first-order valence-corrected chi connectivity index (χ1v) is 6.88. The summed E-state index contributed by atoms with van der Waals surface area (Å²) in [6, 6.07) is 8.00. The van der Waals surface area contributed by atoms with Crippen molar-refractivity contribution in [1.82, 2.24) is 0 Å². The fourth-order valence-electron chi connectivity index (χ4n) is 1.77. The Morgan fingerprint density at radius 3 is 2.65 bits per heavy atom. The normalized spacial score (nSPS) is 13.8. The molecule has 1 atom stereocenters. The minimum Gasteiger partial charge on any atom is -0.367 e. The van der Waals surface area contributed by atoms with Crippen LogP contribution in [0.15, 0.2) is 22.7 Å². The Bertz CT molecular complexity index is 428. The van der Waals surface area contributed by atoms with Gasteiger partial charge in [-0.3, -0.25) is 0 Å². The van der Waals surface area contributed by atoms with Crippen LogP contribution in [-0.4, -0.2) is 5.54 Å². The van der Waals surface area contributed by atoms with Gasteiger partial charge in [-0.2, -0.15) is 5.26 Å². The maximum absolute atomic E-state index is 9.34. The molecule has 1 rings (SSSR count). The maximum atomic E-state index is 9.34. The molecule has 17 heavy (non-hydrogen) atoms. The highest BCUT2D eigenvalue weighted by atomic mass is 79.9. The second-order valence-electron chi connectivity index (χ2n) is 4.05. The van der Waals surface area contributed by atoms with Gasteiger partial charge in [-0.05, 0) is 47.0 Å². The number of rotatable bonds is 5. The summed E-state index contributed by atoms with van der Waals surface area (Å²) in [6.45, 7) is 4.11. The monoisotopic (exact) mass is 314 g/mol. The Morgan fingerprint density at radius 2 is 2.18 bits per heavy atom. The minimum atomic E-state index is -0.484. The Kier molecular flexibility index (Phi) is 5.30. The molecule has 0 saturated heterocycles. The van der Waals surface area contributed by atoms with E-state index in [9.17, 15) is 5.26 Å². The largest absolute Gasteiger partial charge is 0.367 e. The number of benzene rings is 1. The number of hydrogen-bond acceptors (Lipinski definition) is 2. The Labute approximate surface area is 116 Å². The van der Waals surface area contributed by atoms with Crippen LogP contribution in [0.3, 0.4) is 0 Å². The van der Waals surface area contributed by atoms with E-state index in [0.717, 1.165) is 29.4 Å². The van der Waals surface area contributed by atoms with E-state index in [1.165, 1.54) is 0 Å². The van der Waals surface area contributed by atoms with Gasteiger partial charge in [-0.15, -0.1) is 0 Å². The molecule has 0 aromatic heterocycles. The van der Waals surface area contributed by atoms with Crippen molar-refractivity contribution in [2.75, 3.05) is 5.32 Å². The molecule has 0 fully saturated rings. The van der Waals surface area contributed by atoms with Crippen LogP contribution >= 0.6 is 27.5 Å². The van der Waals surface area contributed by atoms with Gasteiger partial charge in [0.05, 0.1) is 11.1 Å². The van der Waals surface area contributed by atoms with Gasteiger partial charge >= 0.3 is 0 Å². The van der Waals surface area contributed by atoms with E-state index in [1.54, 1.807) is 0 Å². The van der Waals surface area contributed by atoms with Gasteiger partial charge in [0, 0.05) is 10.2 Å². The zero-order valence-corrected chi connectivity index (χ0v) is 12.4. The zero-order valence-electron chi connectivity index (χ0n) is 10.1. The molecule has 0 saturated carbocycles. The molecule has 1 N–H and O–H groups in total. The van der Waals surface area contributed by atoms with Gasteiger partial charge in [-0.25, -0.2) is 0 Å². The van der Waals surface area contributed by atoms with Crippen LogP contribution in [0.2, 0.25) is 5.02 Å². The van der Waals surface area contributed by atoms with Crippen LogP contribution in [0, 0.1) is 11.3 Å². The number of nitrogens with zero attached hydrogens (tertiary/aromatic N) is 1. The molecular formula is C13H16BrClN2. The molecule has 0 spiro atoms. The van der Waals surface area contributed by atoms with Crippen LogP contribution in [0.1, 0.15) is 33.1 Å². The lowest BCUT2D eigenvalue weighted by Crippen LogP contribution is -2.35. The Morgan fingerprint density at radius 1 is 1.47 bits per heavy atom. The third kappa shape index (κ3) is 3.62. The van der Waals surface area contributed by atoms with Gasteiger partial charge in [0.1, 0.15) is 5.54 Å². The fourth-order valence-corrected chi connectivity index (χ4v) is 2.26. The standard InChI is InChI=1S/C13H16BrClN2/c1-3-7-13(4-2,9-16)17-10-5-6-12(15)11(14)8-10/h5-6,8,17H,3-4,7H2,1-2H3. The summed E-state index contributed by atoms with van der Waals surface area (Å²) in [5.74, 6) is 0. The molecule has 4 heteroatoms. The molecule has 0 aliphatic heterocycles. The summed E-state index contributed by atoms with van der Waals surface area (Å²) in [5.41, 5.74) is 0.431. The first-order chi connectivity index (χ1) is 8.06. The van der Waals surface area contributed by atoms with Crippen molar-refractivity contribution in [3.05, 3.63) is 27.7 Å². The van der Waals surface area contributed by atoms with E-state index in [1.807, 2.05) is 25.1 Å². The molecule has 92 valence electrons. The lowest BCUT2D eigenvalue weighted by atomic mass is 9.92. The van der Waals surface area contributed by atoms with Crippen molar-refractivity contribution >= 4 is 33.2 Å². The van der Waals surface area contributed by atoms with Crippen LogP contribution in [0.4, 0.5) is 5.69 Å². The topological polar surface area (TPSA) is 35.8 Å². The molecule has 0 bridgehead atoms. The first kappa shape index (κ1) is 14.3. The van der Waals surface area contributed by atoms with Crippen molar-refractivity contribution in [2.45, 2.75) is 38.6 Å². The lowest BCUT2D eigenvalue weighted by molar-refractivity contribution is 0.514. The van der Waals surface area contributed by atoms with Crippen molar-refractivity contribution in [3.8, 4) is 6.07 Å². The number of anilines is 1. The molecule has 0 radical (unpaired) electrons. The summed E-state index contributed by atoms with van der Waals surface area (Å²) in [7, 11) is 0. The predicted molar refractivity (Wildman–Crippen MR) is 76.3 cm³/mol. The second kappa shape index (κ2) is 6.28. The van der Waals surface area contributed by atoms with Gasteiger partial charge < -0.3 is 5.32 Å². The highest BCUT2D eigenvalue weighted by Gasteiger charge is 2.26. The van der Waals surface area contributed by atoms with E-state index in [2.05, 4.69) is 34.2 Å². The average Bonchev–Trinajstić information content (AvgIpc) is 2.33. The Balaban J connectivity index is 2.94. The van der Waals surface area contributed by atoms with Gasteiger partial charge in [-0.1, -0.05) is 31.9 Å². The lowest BCUT2D eigenvalue weighted by Gasteiger charge is -2.27. The highest BCUT2D eigenvalue weighted by Crippen LogP contribution is 2.29. The number of halogens is 2. The van der Waals surface area contributed by atoms with Crippen LogP contribution < -0.4 is 5.32 Å². The van der Waals surface area contributed by atoms with E-state index in [4.69, 9.17) is 11.6 Å². The smallest absolute Gasteiger partial charge is 0.125 e. The maximum Gasteiger partial charge on any atom is 0.125 e. The summed E-state index contributed by atoms with van der Waals surface area (Å²) in [6.07, 6.45) is 2.58. The number of nitrogens with one attached hydrogen (secondary N) is 1. The molecule has 1 aromatic rings. The van der Waals surface area contributed by atoms with Crippen LogP contribution in [0.25, 0.3) is 0 Å². The minimum absolute atomic E-state index is 0.484. The average molecular weight is 316 g/mol. The summed E-state index contributed by atoms with van der Waals surface area (Å²) >= 11 is 9.32. The molecule has 1 unspecified atom stereocenters. The van der Waals surface area contributed by atoms with Crippen molar-refractivity contribution in [1.29, 1.82) is 5.26 Å². The van der Waals surface area contributed by atoms with Gasteiger partial charge in [0.25, 0.3) is 0 Å². The second-order valence-corrected chi connectivity index (χ2v) is 5.31. The van der Waals surface area contributed by atoms with E-state index in [0.29, 0.717) is 5.02 Å². The molecule has 1 aromatic carbocycles. The van der Waals surface area contributed by atoms with E-state index in [-0.39, 0.29) is 0 Å². The zero-order chi connectivity index (χ0) is 12.9. The number of nitriles is 1. The van der Waals surface area contributed by atoms with Crippen molar-refractivity contribution in [3.63, 3.8) is 0 Å². The molecular weight excluding hydrogens is 300 g/mol. The van der Waals surface area contributed by atoms with Crippen molar-refractivity contribution in [2.24, 2.45) is 0 Å². The van der Waals surface area contributed by atoms with Crippen LogP contribution in [-0.2, 0) is 0 Å². The molecule has 0 aliphatic rings. The third-order valence-corrected chi connectivity index (χ3v) is 4.01. The van der Waals surface area contributed by atoms with Gasteiger partial charge in [0.15, 0.2) is 0 Å². The highest BCUT2D eigenvalue weighted by molar-refractivity contribution is 9.10. The quantitative estimate of drug-likeness (QED) is 0.831. The van der Waals surface area contributed by atoms with Gasteiger partial charge in [0.2, 0.25) is 0 Å². The number of hydrogen-bond donors (Lipinski definition) is 1. The molecule has 2 nitrogen and oxygen atoms in total.